The number of allylic oxidation sites excluding steroid dienone is 5. The normalized spacial score (nSPS) is 21.4. The molecule has 0 aromatic heterocycles. The van der Waals surface area contributed by atoms with E-state index in [-0.39, 0.29) is 31.0 Å². The summed E-state index contributed by atoms with van der Waals surface area (Å²) in [6, 6.07) is 7.89. The maximum Gasteiger partial charge on any atom is 0.314 e. The number of aliphatic hydroxyl groups excluding tert-OH is 1. The summed E-state index contributed by atoms with van der Waals surface area (Å²) in [4.78, 5) is 26.3. The zero-order chi connectivity index (χ0) is 30.7. The molecule has 9 heteroatoms. The van der Waals surface area contributed by atoms with Gasteiger partial charge in [-0.25, -0.2) is 8.42 Å². The number of hydrogen-bond donors (Lipinski definition) is 1. The third-order valence-corrected chi connectivity index (χ3v) is 8.71. The maximum absolute atomic E-state index is 13.3. The summed E-state index contributed by atoms with van der Waals surface area (Å²) in [7, 11) is -3.78. The van der Waals surface area contributed by atoms with E-state index in [9.17, 15) is 18.0 Å². The van der Waals surface area contributed by atoms with Crippen LogP contribution in [0.3, 0.4) is 0 Å². The van der Waals surface area contributed by atoms with Crippen LogP contribution in [0.1, 0.15) is 73.6 Å². The van der Waals surface area contributed by atoms with Crippen LogP contribution >= 0.6 is 0 Å². The Bertz CT molecular complexity index is 1210. The first-order valence-corrected chi connectivity index (χ1v) is 15.8. The van der Waals surface area contributed by atoms with Crippen LogP contribution in [-0.2, 0) is 33.6 Å². The second-order valence-corrected chi connectivity index (χ2v) is 13.3. The Morgan fingerprint density at radius 2 is 1.80 bits per heavy atom. The largest absolute Gasteiger partial charge is 0.465 e. The molecule has 0 spiro atoms. The molecule has 1 heterocycles. The van der Waals surface area contributed by atoms with Crippen LogP contribution in [0.4, 0.5) is 0 Å². The molecule has 1 aromatic rings. The Morgan fingerprint density at radius 1 is 1.12 bits per heavy atom. The first kappa shape index (κ1) is 34.6. The van der Waals surface area contributed by atoms with E-state index in [0.29, 0.717) is 6.42 Å². The van der Waals surface area contributed by atoms with Crippen LogP contribution in [0, 0.1) is 5.41 Å². The molecule has 0 amide bonds. The Labute approximate surface area is 245 Å². The van der Waals surface area contributed by atoms with Gasteiger partial charge in [-0.05, 0) is 72.9 Å². The smallest absolute Gasteiger partial charge is 0.314 e. The van der Waals surface area contributed by atoms with Gasteiger partial charge in [0.2, 0.25) is 0 Å². The summed E-state index contributed by atoms with van der Waals surface area (Å²) >= 11 is 0. The van der Waals surface area contributed by atoms with Crippen molar-refractivity contribution in [1.82, 2.24) is 0 Å². The van der Waals surface area contributed by atoms with E-state index >= 15 is 0 Å². The van der Waals surface area contributed by atoms with E-state index in [2.05, 4.69) is 0 Å². The third kappa shape index (κ3) is 11.0. The van der Waals surface area contributed by atoms with Gasteiger partial charge in [-0.1, -0.05) is 53.6 Å². The van der Waals surface area contributed by atoms with Crippen LogP contribution in [-0.4, -0.2) is 62.2 Å². The molecule has 41 heavy (non-hydrogen) atoms. The zero-order valence-electron chi connectivity index (χ0n) is 25.2. The SMILES string of the molecule is CCOC(=O)[C@@](C)(C/C=C(C)/C=C/CC/C=C(\C)CO)[C@H]1C[C@@H](CC(=O)CS(=O)(=O)c2ccccc2)OC(C)(C)O1. The highest BCUT2D eigenvalue weighted by molar-refractivity contribution is 7.92. The fourth-order valence-corrected chi connectivity index (χ4v) is 5.98. The maximum atomic E-state index is 13.3. The highest BCUT2D eigenvalue weighted by Gasteiger charge is 2.49. The number of hydrogen-bond acceptors (Lipinski definition) is 8. The number of carbonyl (C=O) groups excluding carboxylic acids is 2. The van der Waals surface area contributed by atoms with E-state index < -0.39 is 50.8 Å². The van der Waals surface area contributed by atoms with Gasteiger partial charge in [0.25, 0.3) is 0 Å². The molecule has 1 N–H and O–H groups in total. The molecular formula is C32H46O8S. The second kappa shape index (κ2) is 15.6. The number of aliphatic hydroxyl groups is 1. The van der Waals surface area contributed by atoms with Gasteiger partial charge in [-0.3, -0.25) is 9.59 Å². The lowest BCUT2D eigenvalue weighted by atomic mass is 9.77. The number of ketones is 1. The number of unbranched alkanes of at least 4 members (excludes halogenated alkanes) is 1. The monoisotopic (exact) mass is 590 g/mol. The molecule has 0 radical (unpaired) electrons. The molecule has 1 fully saturated rings. The molecule has 2 rings (SSSR count). The van der Waals surface area contributed by atoms with Gasteiger partial charge in [0.05, 0.1) is 35.7 Å². The lowest BCUT2D eigenvalue weighted by Crippen LogP contribution is -2.53. The highest BCUT2D eigenvalue weighted by atomic mass is 32.2. The van der Waals surface area contributed by atoms with E-state index in [0.717, 1.165) is 24.0 Å². The van der Waals surface area contributed by atoms with Gasteiger partial charge in [-0.2, -0.15) is 0 Å². The van der Waals surface area contributed by atoms with Gasteiger partial charge in [0, 0.05) is 12.8 Å². The first-order chi connectivity index (χ1) is 19.2. The number of ether oxygens (including phenoxy) is 3. The minimum atomic E-state index is -3.78. The molecule has 1 aliphatic heterocycles. The molecule has 228 valence electrons. The summed E-state index contributed by atoms with van der Waals surface area (Å²) in [6.07, 6.45) is 8.87. The second-order valence-electron chi connectivity index (χ2n) is 11.3. The lowest BCUT2D eigenvalue weighted by Gasteiger charge is -2.46. The Morgan fingerprint density at radius 3 is 2.44 bits per heavy atom. The van der Waals surface area contributed by atoms with Crippen molar-refractivity contribution >= 4 is 21.6 Å². The molecule has 0 aliphatic carbocycles. The Hall–Kier alpha value is -2.59. The summed E-state index contributed by atoms with van der Waals surface area (Å²) < 4.78 is 43.2. The Kier molecular flexibility index (Phi) is 13.2. The van der Waals surface area contributed by atoms with Crippen molar-refractivity contribution in [1.29, 1.82) is 0 Å². The molecule has 0 saturated carbocycles. The van der Waals surface area contributed by atoms with Gasteiger partial charge in [0.1, 0.15) is 5.75 Å². The summed E-state index contributed by atoms with van der Waals surface area (Å²) in [5, 5.41) is 9.10. The van der Waals surface area contributed by atoms with Crippen LogP contribution in [0.25, 0.3) is 0 Å². The number of rotatable bonds is 15. The fraction of sp³-hybridized carbons (Fsp3) is 0.562. The average molecular weight is 591 g/mol. The molecule has 1 aromatic carbocycles. The number of Topliss-reactive ketones (excluding diaryl/α,β-unsaturated/α-hetero) is 1. The molecule has 1 aliphatic rings. The molecular weight excluding hydrogens is 544 g/mol. The predicted molar refractivity (Wildman–Crippen MR) is 159 cm³/mol. The minimum absolute atomic E-state index is 0.0575. The van der Waals surface area contributed by atoms with Crippen molar-refractivity contribution in [3.63, 3.8) is 0 Å². The van der Waals surface area contributed by atoms with Gasteiger partial charge >= 0.3 is 5.97 Å². The van der Waals surface area contributed by atoms with Crippen LogP contribution in [0.5, 0.6) is 0 Å². The van der Waals surface area contributed by atoms with Gasteiger partial charge in [-0.15, -0.1) is 0 Å². The van der Waals surface area contributed by atoms with E-state index in [1.807, 2.05) is 38.2 Å². The number of benzene rings is 1. The number of esters is 1. The van der Waals surface area contributed by atoms with Crippen LogP contribution in [0.2, 0.25) is 0 Å². The Balaban J connectivity index is 2.18. The van der Waals surface area contributed by atoms with Crippen LogP contribution < -0.4 is 0 Å². The van der Waals surface area contributed by atoms with E-state index in [1.165, 1.54) is 12.1 Å². The van der Waals surface area contributed by atoms with Crippen molar-refractivity contribution in [2.75, 3.05) is 19.0 Å². The molecule has 0 bridgehead atoms. The van der Waals surface area contributed by atoms with E-state index in [4.69, 9.17) is 19.3 Å². The molecule has 3 atom stereocenters. The van der Waals surface area contributed by atoms with E-state index in [1.54, 1.807) is 45.9 Å². The predicted octanol–water partition coefficient (Wildman–Crippen LogP) is 5.51. The summed E-state index contributed by atoms with van der Waals surface area (Å²) in [5.74, 6) is -2.59. The summed E-state index contributed by atoms with van der Waals surface area (Å²) in [5.41, 5.74) is 0.852. The fourth-order valence-electron chi connectivity index (χ4n) is 4.70. The summed E-state index contributed by atoms with van der Waals surface area (Å²) in [6.45, 7) is 11.1. The van der Waals surface area contributed by atoms with Gasteiger partial charge in [0.15, 0.2) is 21.4 Å². The number of carbonyl (C=O) groups is 2. The van der Waals surface area contributed by atoms with Crippen molar-refractivity contribution in [2.45, 2.75) is 96.5 Å². The minimum Gasteiger partial charge on any atom is -0.465 e. The topological polar surface area (TPSA) is 116 Å². The van der Waals surface area contributed by atoms with Crippen molar-refractivity contribution in [3.8, 4) is 0 Å². The molecule has 8 nitrogen and oxygen atoms in total. The third-order valence-electron chi connectivity index (χ3n) is 7.02. The highest BCUT2D eigenvalue weighted by Crippen LogP contribution is 2.41. The van der Waals surface area contributed by atoms with Crippen molar-refractivity contribution in [3.05, 3.63) is 65.8 Å². The average Bonchev–Trinajstić information content (AvgIpc) is 2.90. The zero-order valence-corrected chi connectivity index (χ0v) is 26.0. The molecule has 1 saturated heterocycles. The van der Waals surface area contributed by atoms with Crippen molar-refractivity contribution < 1.29 is 37.3 Å². The standard InChI is InChI=1S/C32H46O8S/c1-7-38-30(35)32(6,19-18-24(2)14-10-8-11-15-25(3)22-33)29-21-27(39-31(4,5)40-29)20-26(34)23-41(36,37)28-16-12-9-13-17-28/h9-10,12-18,27,29,33H,7-8,11,19-23H2,1-6H3/b14-10+,24-18+,25-15+/t27-,29-,32+/m1/s1. The quantitative estimate of drug-likeness (QED) is 0.123. The molecule has 0 unspecified atom stereocenters. The van der Waals surface area contributed by atoms with Crippen LogP contribution in [0.15, 0.2) is 70.7 Å². The van der Waals surface area contributed by atoms with Crippen molar-refractivity contribution in [2.24, 2.45) is 5.41 Å². The first-order valence-electron chi connectivity index (χ1n) is 14.1. The van der Waals surface area contributed by atoms with Gasteiger partial charge < -0.3 is 19.3 Å². The lowest BCUT2D eigenvalue weighted by molar-refractivity contribution is -0.315. The number of sulfone groups is 1.